The van der Waals surface area contributed by atoms with Gasteiger partial charge in [-0.15, -0.1) is 0 Å². The van der Waals surface area contributed by atoms with E-state index in [-0.39, 0.29) is 54.5 Å². The second-order valence-corrected chi connectivity index (χ2v) is 18.2. The van der Waals surface area contributed by atoms with Crippen molar-refractivity contribution < 1.29 is 58.1 Å². The van der Waals surface area contributed by atoms with E-state index in [0.29, 0.717) is 31.4 Å². The number of carbonyl (C=O) groups excluding carboxylic acids is 1. The third-order valence-corrected chi connectivity index (χ3v) is 14.2. The number of hydrogen-bond donors (Lipinski definition) is 4. The topological polar surface area (TPSA) is 171 Å². The van der Waals surface area contributed by atoms with Crippen LogP contribution in [0.1, 0.15) is 107 Å². The molecule has 5 aliphatic rings. The lowest BCUT2D eigenvalue weighted by molar-refractivity contribution is -0.336. The Morgan fingerprint density at radius 2 is 1.71 bits per heavy atom. The normalized spacial score (nSPS) is 44.3. The van der Waals surface area contributed by atoms with Crippen LogP contribution in [0.5, 0.6) is 0 Å². The monoisotopic (exact) mass is 789 g/mol. The van der Waals surface area contributed by atoms with Crippen molar-refractivity contribution >= 4 is 17.7 Å². The first-order valence-corrected chi connectivity index (χ1v) is 20.9. The maximum absolute atomic E-state index is 12.6. The SMILES string of the molecule is CC[C@@]1([C@@H]2O[C@@H]([C@H]3O[C@@](O)(COC(=O)Nc4ccccc4)[C@H](C)C[C@@H]3C)C[C@@H]2C)CC[C@H]([C@]2(C)CC[C@]3(C[C@H](O)[C@@H](C)[C@@H]([C@@H](C)[C@@H](OC)[C@H](C)C(=O)O)O3)O2)O1. The second kappa shape index (κ2) is 16.7. The predicted octanol–water partition coefficient (Wildman–Crippen LogP) is 6.53. The zero-order valence-electron chi connectivity index (χ0n) is 34.8. The first-order chi connectivity index (χ1) is 26.4. The maximum atomic E-state index is 12.6. The highest BCUT2D eigenvalue weighted by atomic mass is 16.7. The standard InChI is InChI=1S/C43H67NO12/c1-10-41(37-25(3)21-32(52-37)34-24(2)20-26(4)43(49,55-34)23-51-39(48)44-30-14-12-11-13-15-30)17-16-33(53-41)40(8)18-19-42(56-40)22-31(45)27(5)36(54-42)28(6)35(50-9)29(7)38(46)47/h11-15,24-29,31-37,45,49H,10,16-23H2,1-9H3,(H,44,48)(H,46,47)/t24-,25-,26+,27+,28-,29-,31-,32+,33+,34-,35+,36-,37+,40-,41-,42+,43-/m0/s1. The summed E-state index contributed by atoms with van der Waals surface area (Å²) in [7, 11) is 1.52. The summed E-state index contributed by atoms with van der Waals surface area (Å²) in [5.74, 6) is -4.95. The number of aliphatic hydroxyl groups excluding tert-OH is 1. The van der Waals surface area contributed by atoms with Crippen LogP contribution in [0.2, 0.25) is 0 Å². The van der Waals surface area contributed by atoms with Crippen molar-refractivity contribution in [1.29, 1.82) is 0 Å². The van der Waals surface area contributed by atoms with Gasteiger partial charge in [-0.2, -0.15) is 0 Å². The van der Waals surface area contributed by atoms with Gasteiger partial charge >= 0.3 is 12.1 Å². The molecule has 5 heterocycles. The van der Waals surface area contributed by atoms with Crippen LogP contribution in [0, 0.1) is 35.5 Å². The Labute approximate surface area is 332 Å². The molecule has 13 heteroatoms. The molecule has 1 amide bonds. The molecule has 1 aromatic rings. The van der Waals surface area contributed by atoms with E-state index in [1.807, 2.05) is 39.0 Å². The molecule has 0 saturated carbocycles. The van der Waals surface area contributed by atoms with Crippen LogP contribution in [-0.4, -0.2) is 107 Å². The van der Waals surface area contributed by atoms with E-state index in [4.69, 9.17) is 33.2 Å². The number of carboxylic acid groups (broad SMARTS) is 1. The van der Waals surface area contributed by atoms with Crippen LogP contribution in [0.4, 0.5) is 10.5 Å². The molecule has 1 spiro atoms. The van der Waals surface area contributed by atoms with Crippen molar-refractivity contribution in [2.45, 2.75) is 172 Å². The van der Waals surface area contributed by atoms with Gasteiger partial charge in [0.1, 0.15) is 6.61 Å². The van der Waals surface area contributed by atoms with Crippen molar-refractivity contribution in [1.82, 2.24) is 0 Å². The van der Waals surface area contributed by atoms with Crippen molar-refractivity contribution in [3.63, 3.8) is 0 Å². The number of carbonyl (C=O) groups is 2. The van der Waals surface area contributed by atoms with Gasteiger partial charge in [-0.05, 0) is 76.3 Å². The van der Waals surface area contributed by atoms with Crippen LogP contribution < -0.4 is 5.32 Å². The van der Waals surface area contributed by atoms with Crippen LogP contribution >= 0.6 is 0 Å². The molecule has 6 rings (SSSR count). The predicted molar refractivity (Wildman–Crippen MR) is 207 cm³/mol. The van der Waals surface area contributed by atoms with Gasteiger partial charge < -0.3 is 48.5 Å². The van der Waals surface area contributed by atoms with Crippen LogP contribution in [0.15, 0.2) is 30.3 Å². The summed E-state index contributed by atoms with van der Waals surface area (Å²) in [5, 5.41) is 35.5. The van der Waals surface area contributed by atoms with Crippen molar-refractivity contribution in [2.75, 3.05) is 19.0 Å². The molecule has 4 N–H and O–H groups in total. The highest BCUT2D eigenvalue weighted by Gasteiger charge is 2.62. The largest absolute Gasteiger partial charge is 0.481 e. The lowest BCUT2D eigenvalue weighted by Gasteiger charge is -2.49. The van der Waals surface area contributed by atoms with Gasteiger partial charge in [0.15, 0.2) is 5.79 Å². The van der Waals surface area contributed by atoms with Gasteiger partial charge in [0.25, 0.3) is 0 Å². The van der Waals surface area contributed by atoms with Gasteiger partial charge in [-0.3, -0.25) is 10.1 Å². The fourth-order valence-electron chi connectivity index (χ4n) is 10.7. The maximum Gasteiger partial charge on any atom is 0.411 e. The first kappa shape index (κ1) is 43.2. The number of amides is 1. The number of para-hydroxylation sites is 1. The molecular weight excluding hydrogens is 722 g/mol. The van der Waals surface area contributed by atoms with Gasteiger partial charge in [0.05, 0.1) is 59.8 Å². The highest BCUT2D eigenvalue weighted by molar-refractivity contribution is 5.84. The molecule has 316 valence electrons. The number of anilines is 1. The zero-order valence-corrected chi connectivity index (χ0v) is 34.8. The Bertz CT molecular complexity index is 1520. The highest BCUT2D eigenvalue weighted by Crippen LogP contribution is 2.55. The van der Waals surface area contributed by atoms with E-state index in [1.54, 1.807) is 19.1 Å². The fraction of sp³-hybridized carbons (Fsp3) is 0.814. The number of benzene rings is 1. The first-order valence-electron chi connectivity index (χ1n) is 20.9. The molecule has 0 aromatic heterocycles. The Kier molecular flexibility index (Phi) is 12.9. The summed E-state index contributed by atoms with van der Waals surface area (Å²) in [4.78, 5) is 24.5. The molecule has 5 fully saturated rings. The molecule has 56 heavy (non-hydrogen) atoms. The zero-order chi connectivity index (χ0) is 40.8. The van der Waals surface area contributed by atoms with E-state index < -0.39 is 65.2 Å². The van der Waals surface area contributed by atoms with E-state index in [0.717, 1.165) is 25.7 Å². The summed E-state index contributed by atoms with van der Waals surface area (Å²) >= 11 is 0. The van der Waals surface area contributed by atoms with Gasteiger partial charge in [-0.1, -0.05) is 59.7 Å². The van der Waals surface area contributed by atoms with Gasteiger partial charge in [0.2, 0.25) is 5.79 Å². The number of aliphatic hydroxyl groups is 2. The summed E-state index contributed by atoms with van der Waals surface area (Å²) in [6.45, 7) is 15.7. The lowest BCUT2D eigenvalue weighted by atomic mass is 9.78. The molecule has 17 atom stereocenters. The number of rotatable bonds is 12. The molecule has 1 aromatic carbocycles. The average molecular weight is 790 g/mol. The van der Waals surface area contributed by atoms with Crippen LogP contribution in [0.3, 0.4) is 0 Å². The molecule has 0 bridgehead atoms. The Balaban J connectivity index is 1.10. The molecule has 0 unspecified atom stereocenters. The molecule has 0 aliphatic carbocycles. The fourth-order valence-corrected chi connectivity index (χ4v) is 10.7. The Morgan fingerprint density at radius 1 is 1.00 bits per heavy atom. The van der Waals surface area contributed by atoms with E-state index >= 15 is 0 Å². The van der Waals surface area contributed by atoms with Crippen LogP contribution in [0.25, 0.3) is 0 Å². The molecule has 5 aliphatic heterocycles. The summed E-state index contributed by atoms with van der Waals surface area (Å²) in [6, 6.07) is 9.01. The van der Waals surface area contributed by atoms with Crippen molar-refractivity contribution in [2.24, 2.45) is 35.5 Å². The van der Waals surface area contributed by atoms with Gasteiger partial charge in [0, 0.05) is 43.4 Å². The van der Waals surface area contributed by atoms with Crippen molar-refractivity contribution in [3.8, 4) is 0 Å². The minimum absolute atomic E-state index is 0.0998. The Morgan fingerprint density at radius 3 is 2.38 bits per heavy atom. The minimum atomic E-state index is -1.67. The molecule has 5 saturated heterocycles. The number of methoxy groups -OCH3 is 1. The number of aliphatic carboxylic acids is 1. The second-order valence-electron chi connectivity index (χ2n) is 18.2. The average Bonchev–Trinajstić information content (AvgIpc) is 3.87. The quantitative estimate of drug-likeness (QED) is 0.181. The van der Waals surface area contributed by atoms with Gasteiger partial charge in [-0.25, -0.2) is 4.79 Å². The Hall–Kier alpha value is -2.36. The molecular formula is C43H67NO12. The number of ether oxygens (including phenoxy) is 7. The van der Waals surface area contributed by atoms with E-state index in [2.05, 4.69) is 33.0 Å². The molecule has 13 nitrogen and oxygen atoms in total. The molecule has 0 radical (unpaired) electrons. The van der Waals surface area contributed by atoms with E-state index in [9.17, 15) is 24.9 Å². The lowest BCUT2D eigenvalue weighted by Crippen LogP contribution is -2.57. The summed E-state index contributed by atoms with van der Waals surface area (Å²) in [5.41, 5.74) is -0.638. The number of hydrogen-bond acceptors (Lipinski definition) is 11. The third kappa shape index (κ3) is 8.39. The van der Waals surface area contributed by atoms with Crippen LogP contribution in [-0.2, 0) is 38.0 Å². The summed E-state index contributed by atoms with van der Waals surface area (Å²) < 4.78 is 45.5. The van der Waals surface area contributed by atoms with E-state index in [1.165, 1.54) is 7.11 Å². The van der Waals surface area contributed by atoms with Crippen molar-refractivity contribution in [3.05, 3.63) is 30.3 Å². The number of carboxylic acids is 1. The minimum Gasteiger partial charge on any atom is -0.481 e. The smallest absolute Gasteiger partial charge is 0.411 e. The number of nitrogens with one attached hydrogen (secondary N) is 1. The third-order valence-electron chi connectivity index (χ3n) is 14.2. The summed E-state index contributed by atoms with van der Waals surface area (Å²) in [6.07, 6.45) is 1.73.